The second kappa shape index (κ2) is 5.04. The van der Waals surface area contributed by atoms with E-state index in [1.807, 2.05) is 0 Å². The Morgan fingerprint density at radius 2 is 1.95 bits per heavy atom. The lowest BCUT2D eigenvalue weighted by Gasteiger charge is -2.29. The van der Waals surface area contributed by atoms with E-state index in [0.717, 1.165) is 12.3 Å². The minimum Gasteiger partial charge on any atom is -0.496 e. The van der Waals surface area contributed by atoms with Crippen LogP contribution < -0.4 is 15.0 Å². The summed E-state index contributed by atoms with van der Waals surface area (Å²) in [6, 6.07) is 4.80. The number of anilines is 1. The third kappa shape index (κ3) is 2.71. The Balaban J connectivity index is 2.25. The van der Waals surface area contributed by atoms with Crippen molar-refractivity contribution in [2.75, 3.05) is 25.6 Å². The Morgan fingerprint density at radius 3 is 2.47 bits per heavy atom. The quantitative estimate of drug-likeness (QED) is 0.906. The molecule has 1 saturated heterocycles. The standard InChI is InChI=1S/C16H26N2O/c1-11-12(2)15(19-6)8-7-14(11)18(5)13-9-16(3,4)17-10-13/h7-8,13,17H,9-10H2,1-6H3. The van der Waals surface area contributed by atoms with Gasteiger partial charge in [0.15, 0.2) is 0 Å². The van der Waals surface area contributed by atoms with Gasteiger partial charge in [0.1, 0.15) is 5.75 Å². The van der Waals surface area contributed by atoms with Gasteiger partial charge in [-0.25, -0.2) is 0 Å². The van der Waals surface area contributed by atoms with E-state index in [0.29, 0.717) is 6.04 Å². The highest BCUT2D eigenvalue weighted by atomic mass is 16.5. The SMILES string of the molecule is COc1ccc(N(C)C2CNC(C)(C)C2)c(C)c1C. The van der Waals surface area contributed by atoms with Gasteiger partial charge >= 0.3 is 0 Å². The summed E-state index contributed by atoms with van der Waals surface area (Å²) in [4.78, 5) is 2.41. The second-order valence-corrected chi connectivity index (χ2v) is 6.27. The van der Waals surface area contributed by atoms with Gasteiger partial charge in [-0.05, 0) is 57.4 Å². The topological polar surface area (TPSA) is 24.5 Å². The first-order chi connectivity index (χ1) is 8.85. The molecule has 1 N–H and O–H groups in total. The lowest BCUT2D eigenvalue weighted by atomic mass is 9.99. The van der Waals surface area contributed by atoms with Crippen LogP contribution in [0.3, 0.4) is 0 Å². The molecule has 1 heterocycles. The molecule has 1 aliphatic heterocycles. The highest BCUT2D eigenvalue weighted by Gasteiger charge is 2.33. The predicted octanol–water partition coefficient (Wildman–Crippen LogP) is 2.89. The molecular weight excluding hydrogens is 236 g/mol. The summed E-state index contributed by atoms with van der Waals surface area (Å²) in [6.45, 7) is 9.90. The predicted molar refractivity (Wildman–Crippen MR) is 81.4 cm³/mol. The van der Waals surface area contributed by atoms with Crippen molar-refractivity contribution in [1.29, 1.82) is 0 Å². The van der Waals surface area contributed by atoms with Crippen molar-refractivity contribution in [3.8, 4) is 5.75 Å². The Morgan fingerprint density at radius 1 is 1.26 bits per heavy atom. The van der Waals surface area contributed by atoms with E-state index in [1.54, 1.807) is 7.11 Å². The van der Waals surface area contributed by atoms with E-state index in [2.05, 4.69) is 57.1 Å². The molecule has 1 atom stereocenters. The van der Waals surface area contributed by atoms with E-state index in [1.165, 1.54) is 23.2 Å². The van der Waals surface area contributed by atoms with E-state index in [4.69, 9.17) is 4.74 Å². The number of hydrogen-bond donors (Lipinski definition) is 1. The molecule has 0 saturated carbocycles. The third-order valence-electron chi connectivity index (χ3n) is 4.42. The monoisotopic (exact) mass is 262 g/mol. The largest absolute Gasteiger partial charge is 0.496 e. The summed E-state index contributed by atoms with van der Waals surface area (Å²) in [5.74, 6) is 0.972. The molecular formula is C16H26N2O. The fourth-order valence-corrected chi connectivity index (χ4v) is 2.98. The number of nitrogens with one attached hydrogen (secondary N) is 1. The molecule has 0 aliphatic carbocycles. The van der Waals surface area contributed by atoms with Crippen LogP contribution in [-0.2, 0) is 0 Å². The molecule has 1 aromatic rings. The number of nitrogens with zero attached hydrogens (tertiary/aromatic N) is 1. The maximum absolute atomic E-state index is 5.39. The van der Waals surface area contributed by atoms with Crippen LogP contribution in [0.2, 0.25) is 0 Å². The maximum atomic E-state index is 5.39. The molecule has 0 aromatic heterocycles. The molecule has 1 aliphatic rings. The Hall–Kier alpha value is -1.22. The smallest absolute Gasteiger partial charge is 0.122 e. The molecule has 0 bridgehead atoms. The lowest BCUT2D eigenvalue weighted by Crippen LogP contribution is -2.33. The van der Waals surface area contributed by atoms with Crippen molar-refractivity contribution in [1.82, 2.24) is 5.32 Å². The van der Waals surface area contributed by atoms with Gasteiger partial charge in [0.2, 0.25) is 0 Å². The van der Waals surface area contributed by atoms with Crippen LogP contribution in [0.25, 0.3) is 0 Å². The molecule has 1 unspecified atom stereocenters. The summed E-state index contributed by atoms with van der Waals surface area (Å²) in [5.41, 5.74) is 4.10. The van der Waals surface area contributed by atoms with E-state index < -0.39 is 0 Å². The van der Waals surface area contributed by atoms with Crippen molar-refractivity contribution in [3.05, 3.63) is 23.3 Å². The molecule has 3 nitrogen and oxygen atoms in total. The van der Waals surface area contributed by atoms with Gasteiger partial charge in [-0.2, -0.15) is 0 Å². The Kier molecular flexibility index (Phi) is 3.77. The van der Waals surface area contributed by atoms with Gasteiger partial charge in [0, 0.05) is 30.9 Å². The molecule has 106 valence electrons. The van der Waals surface area contributed by atoms with E-state index in [9.17, 15) is 0 Å². The summed E-state index contributed by atoms with van der Waals surface area (Å²) >= 11 is 0. The molecule has 0 spiro atoms. The first kappa shape index (κ1) is 14.2. The number of rotatable bonds is 3. The van der Waals surface area contributed by atoms with Crippen molar-refractivity contribution in [2.45, 2.75) is 45.7 Å². The molecule has 1 aromatic carbocycles. The van der Waals surface area contributed by atoms with Crippen LogP contribution in [0, 0.1) is 13.8 Å². The summed E-state index contributed by atoms with van der Waals surface area (Å²) in [7, 11) is 3.93. The highest BCUT2D eigenvalue weighted by molar-refractivity contribution is 5.60. The minimum atomic E-state index is 0.244. The van der Waals surface area contributed by atoms with E-state index >= 15 is 0 Å². The lowest BCUT2D eigenvalue weighted by molar-refractivity contribution is 0.411. The van der Waals surface area contributed by atoms with Gasteiger partial charge in [-0.3, -0.25) is 0 Å². The number of benzene rings is 1. The van der Waals surface area contributed by atoms with Crippen molar-refractivity contribution < 1.29 is 4.74 Å². The van der Waals surface area contributed by atoms with Gasteiger partial charge in [0.05, 0.1) is 7.11 Å². The van der Waals surface area contributed by atoms with E-state index in [-0.39, 0.29) is 5.54 Å². The number of likely N-dealkylation sites (N-methyl/N-ethyl adjacent to an activating group) is 1. The zero-order chi connectivity index (χ0) is 14.2. The normalized spacial score (nSPS) is 21.5. The number of hydrogen-bond acceptors (Lipinski definition) is 3. The fraction of sp³-hybridized carbons (Fsp3) is 0.625. The van der Waals surface area contributed by atoms with Gasteiger partial charge in [0.25, 0.3) is 0 Å². The third-order valence-corrected chi connectivity index (χ3v) is 4.42. The summed E-state index contributed by atoms with van der Waals surface area (Å²) < 4.78 is 5.39. The molecule has 0 amide bonds. The van der Waals surface area contributed by atoms with Crippen molar-refractivity contribution >= 4 is 5.69 Å². The van der Waals surface area contributed by atoms with Crippen LogP contribution in [0.5, 0.6) is 5.75 Å². The summed E-state index contributed by atoms with van der Waals surface area (Å²) in [5, 5.41) is 3.59. The van der Waals surface area contributed by atoms with Crippen molar-refractivity contribution in [3.63, 3.8) is 0 Å². The summed E-state index contributed by atoms with van der Waals surface area (Å²) in [6.07, 6.45) is 1.17. The molecule has 2 rings (SSSR count). The Bertz CT molecular complexity index is 468. The number of ether oxygens (including phenoxy) is 1. The minimum absolute atomic E-state index is 0.244. The molecule has 0 radical (unpaired) electrons. The first-order valence-electron chi connectivity index (χ1n) is 6.98. The van der Waals surface area contributed by atoms with Gasteiger partial charge < -0.3 is 15.0 Å². The van der Waals surface area contributed by atoms with Crippen LogP contribution in [-0.4, -0.2) is 32.3 Å². The molecule has 1 fully saturated rings. The average Bonchev–Trinajstić information content (AvgIpc) is 2.72. The van der Waals surface area contributed by atoms with Crippen LogP contribution in [0.15, 0.2) is 12.1 Å². The zero-order valence-corrected chi connectivity index (χ0v) is 13.0. The zero-order valence-electron chi connectivity index (χ0n) is 13.0. The average molecular weight is 262 g/mol. The highest BCUT2D eigenvalue weighted by Crippen LogP contribution is 2.32. The van der Waals surface area contributed by atoms with Crippen LogP contribution >= 0.6 is 0 Å². The van der Waals surface area contributed by atoms with Crippen LogP contribution in [0.1, 0.15) is 31.4 Å². The molecule has 19 heavy (non-hydrogen) atoms. The number of methoxy groups -OCH3 is 1. The first-order valence-corrected chi connectivity index (χ1v) is 6.98. The van der Waals surface area contributed by atoms with Gasteiger partial charge in [-0.15, -0.1) is 0 Å². The Labute approximate surface area is 116 Å². The van der Waals surface area contributed by atoms with Gasteiger partial charge in [-0.1, -0.05) is 0 Å². The van der Waals surface area contributed by atoms with Crippen molar-refractivity contribution in [2.24, 2.45) is 0 Å². The maximum Gasteiger partial charge on any atom is 0.122 e. The fourth-order valence-electron chi connectivity index (χ4n) is 2.98. The van der Waals surface area contributed by atoms with Crippen LogP contribution in [0.4, 0.5) is 5.69 Å². The molecule has 3 heteroatoms. The second-order valence-electron chi connectivity index (χ2n) is 6.27.